The van der Waals surface area contributed by atoms with Crippen LogP contribution < -0.4 is 10.6 Å². The summed E-state index contributed by atoms with van der Waals surface area (Å²) in [7, 11) is 0. The van der Waals surface area contributed by atoms with Crippen molar-refractivity contribution < 1.29 is 0 Å². The number of hydrogen-bond donors (Lipinski definition) is 2. The first-order chi connectivity index (χ1) is 9.60. The van der Waals surface area contributed by atoms with Gasteiger partial charge in [0.25, 0.3) is 0 Å². The van der Waals surface area contributed by atoms with Gasteiger partial charge in [-0.05, 0) is 37.2 Å². The molecule has 5 heteroatoms. The van der Waals surface area contributed by atoms with Gasteiger partial charge in [-0.3, -0.25) is 0 Å². The minimum absolute atomic E-state index is 0.469. The zero-order chi connectivity index (χ0) is 14.6. The first-order valence-electron chi connectivity index (χ1n) is 7.44. The van der Waals surface area contributed by atoms with Crippen molar-refractivity contribution in [3.8, 4) is 0 Å². The SMILES string of the molecule is CCCNc1nc(NCC2(CCC)CC2)c(Cl)cc1Cl. The molecule has 1 aromatic rings. The fraction of sp³-hybridized carbons (Fsp3) is 0.667. The second-order valence-corrected chi connectivity index (χ2v) is 6.49. The molecule has 2 N–H and O–H groups in total. The van der Waals surface area contributed by atoms with E-state index >= 15 is 0 Å². The maximum absolute atomic E-state index is 6.22. The van der Waals surface area contributed by atoms with Gasteiger partial charge in [0, 0.05) is 13.1 Å². The van der Waals surface area contributed by atoms with E-state index in [1.54, 1.807) is 6.07 Å². The van der Waals surface area contributed by atoms with Crippen LogP contribution in [0.15, 0.2) is 6.07 Å². The van der Waals surface area contributed by atoms with Crippen molar-refractivity contribution in [2.75, 3.05) is 23.7 Å². The van der Waals surface area contributed by atoms with Gasteiger partial charge in [0.15, 0.2) is 0 Å². The molecule has 1 saturated carbocycles. The molecule has 0 amide bonds. The molecule has 2 rings (SSSR count). The Morgan fingerprint density at radius 3 is 2.30 bits per heavy atom. The molecule has 0 spiro atoms. The highest BCUT2D eigenvalue weighted by Crippen LogP contribution is 2.49. The Labute approximate surface area is 131 Å². The van der Waals surface area contributed by atoms with Crippen LogP contribution >= 0.6 is 23.2 Å². The quantitative estimate of drug-likeness (QED) is 0.692. The summed E-state index contributed by atoms with van der Waals surface area (Å²) in [5, 5.41) is 7.79. The summed E-state index contributed by atoms with van der Waals surface area (Å²) in [6.45, 7) is 6.15. The van der Waals surface area contributed by atoms with E-state index in [1.807, 2.05) is 0 Å². The topological polar surface area (TPSA) is 37.0 Å². The van der Waals surface area contributed by atoms with E-state index in [4.69, 9.17) is 23.2 Å². The lowest BCUT2D eigenvalue weighted by Crippen LogP contribution is -2.16. The van der Waals surface area contributed by atoms with E-state index in [2.05, 4.69) is 29.5 Å². The van der Waals surface area contributed by atoms with Crippen molar-refractivity contribution >= 4 is 34.8 Å². The van der Waals surface area contributed by atoms with E-state index in [9.17, 15) is 0 Å². The van der Waals surface area contributed by atoms with Gasteiger partial charge in [0.05, 0.1) is 10.0 Å². The van der Waals surface area contributed by atoms with Gasteiger partial charge in [-0.2, -0.15) is 0 Å². The van der Waals surface area contributed by atoms with Crippen LogP contribution in [0.3, 0.4) is 0 Å². The number of anilines is 2. The fourth-order valence-corrected chi connectivity index (χ4v) is 2.94. The first kappa shape index (κ1) is 15.7. The Balaban J connectivity index is 2.03. The molecule has 1 aliphatic rings. The van der Waals surface area contributed by atoms with E-state index in [0.717, 1.165) is 25.3 Å². The Kier molecular flexibility index (Phi) is 5.39. The number of rotatable bonds is 8. The molecule has 0 aromatic carbocycles. The fourth-order valence-electron chi connectivity index (χ4n) is 2.45. The molecular weight excluding hydrogens is 293 g/mol. The summed E-state index contributed by atoms with van der Waals surface area (Å²) in [5.74, 6) is 1.44. The summed E-state index contributed by atoms with van der Waals surface area (Å²) < 4.78 is 0. The highest BCUT2D eigenvalue weighted by Gasteiger charge is 2.41. The molecule has 0 aliphatic heterocycles. The van der Waals surface area contributed by atoms with Crippen molar-refractivity contribution in [2.24, 2.45) is 5.41 Å². The number of pyridine rings is 1. The number of halogens is 2. The summed E-state index contributed by atoms with van der Waals surface area (Å²) >= 11 is 12.4. The average Bonchev–Trinajstić information content (AvgIpc) is 3.17. The molecule has 0 atom stereocenters. The second-order valence-electron chi connectivity index (χ2n) is 5.68. The summed E-state index contributed by atoms with van der Waals surface area (Å²) in [6, 6.07) is 1.76. The third-order valence-electron chi connectivity index (χ3n) is 3.84. The molecule has 3 nitrogen and oxygen atoms in total. The van der Waals surface area contributed by atoms with E-state index < -0.39 is 0 Å². The van der Waals surface area contributed by atoms with Crippen LogP contribution in [-0.2, 0) is 0 Å². The average molecular weight is 316 g/mol. The Morgan fingerprint density at radius 2 is 1.75 bits per heavy atom. The molecule has 0 radical (unpaired) electrons. The Hall–Kier alpha value is -0.670. The third-order valence-corrected chi connectivity index (χ3v) is 4.42. The molecular formula is C15H23Cl2N3. The number of nitrogens with one attached hydrogen (secondary N) is 2. The molecule has 1 aromatic heterocycles. The van der Waals surface area contributed by atoms with Gasteiger partial charge in [0.2, 0.25) is 0 Å². The van der Waals surface area contributed by atoms with Gasteiger partial charge in [0.1, 0.15) is 11.6 Å². The molecule has 0 saturated heterocycles. The predicted molar refractivity (Wildman–Crippen MR) is 88.1 cm³/mol. The molecule has 1 aliphatic carbocycles. The molecule has 1 fully saturated rings. The summed E-state index contributed by atoms with van der Waals surface area (Å²) in [5.41, 5.74) is 0.469. The number of nitrogens with zero attached hydrogens (tertiary/aromatic N) is 1. The lowest BCUT2D eigenvalue weighted by molar-refractivity contribution is 0.485. The lowest BCUT2D eigenvalue weighted by atomic mass is 10.0. The monoisotopic (exact) mass is 315 g/mol. The lowest BCUT2D eigenvalue weighted by Gasteiger charge is -2.17. The van der Waals surface area contributed by atoms with E-state index in [0.29, 0.717) is 21.3 Å². The maximum Gasteiger partial charge on any atom is 0.147 e. The molecule has 0 bridgehead atoms. The molecule has 1 heterocycles. The minimum atomic E-state index is 0.469. The third kappa shape index (κ3) is 3.92. The normalized spacial score (nSPS) is 16.0. The van der Waals surface area contributed by atoms with Gasteiger partial charge in [-0.25, -0.2) is 4.98 Å². The van der Waals surface area contributed by atoms with Crippen LogP contribution in [0.1, 0.15) is 46.0 Å². The number of hydrogen-bond acceptors (Lipinski definition) is 3. The molecule has 20 heavy (non-hydrogen) atoms. The minimum Gasteiger partial charge on any atom is -0.369 e. The number of aromatic nitrogens is 1. The van der Waals surface area contributed by atoms with Crippen LogP contribution in [0.25, 0.3) is 0 Å². The van der Waals surface area contributed by atoms with E-state index in [1.165, 1.54) is 25.7 Å². The van der Waals surface area contributed by atoms with Crippen molar-refractivity contribution in [1.29, 1.82) is 0 Å². The standard InChI is InChI=1S/C15H23Cl2N3/c1-3-5-15(6-7-15)10-19-14-12(17)9-11(16)13(20-14)18-8-4-2/h9H,3-8,10H2,1-2H3,(H2,18,19,20). The largest absolute Gasteiger partial charge is 0.369 e. The molecule has 112 valence electrons. The maximum atomic E-state index is 6.22. The van der Waals surface area contributed by atoms with Crippen LogP contribution in [-0.4, -0.2) is 18.1 Å². The summed E-state index contributed by atoms with van der Waals surface area (Å²) in [6.07, 6.45) is 6.14. The zero-order valence-electron chi connectivity index (χ0n) is 12.2. The van der Waals surface area contributed by atoms with Crippen LogP contribution in [0.4, 0.5) is 11.6 Å². The zero-order valence-corrected chi connectivity index (χ0v) is 13.7. The van der Waals surface area contributed by atoms with Crippen molar-refractivity contribution in [2.45, 2.75) is 46.0 Å². The summed E-state index contributed by atoms with van der Waals surface area (Å²) in [4.78, 5) is 4.51. The van der Waals surface area contributed by atoms with Crippen molar-refractivity contribution in [3.63, 3.8) is 0 Å². The Bertz CT molecular complexity index is 459. The van der Waals surface area contributed by atoms with Gasteiger partial charge >= 0.3 is 0 Å². The highest BCUT2D eigenvalue weighted by molar-refractivity contribution is 6.37. The highest BCUT2D eigenvalue weighted by atomic mass is 35.5. The van der Waals surface area contributed by atoms with Gasteiger partial charge < -0.3 is 10.6 Å². The van der Waals surface area contributed by atoms with Crippen molar-refractivity contribution in [3.05, 3.63) is 16.1 Å². The van der Waals surface area contributed by atoms with Crippen LogP contribution in [0, 0.1) is 5.41 Å². The first-order valence-corrected chi connectivity index (χ1v) is 8.19. The van der Waals surface area contributed by atoms with Gasteiger partial charge in [-0.1, -0.05) is 43.5 Å². The second kappa shape index (κ2) is 6.86. The van der Waals surface area contributed by atoms with E-state index in [-0.39, 0.29) is 0 Å². The van der Waals surface area contributed by atoms with Crippen LogP contribution in [0.2, 0.25) is 10.0 Å². The predicted octanol–water partition coefficient (Wildman–Crippen LogP) is 5.20. The van der Waals surface area contributed by atoms with Gasteiger partial charge in [-0.15, -0.1) is 0 Å². The van der Waals surface area contributed by atoms with Crippen LogP contribution in [0.5, 0.6) is 0 Å². The Morgan fingerprint density at radius 1 is 1.10 bits per heavy atom. The smallest absolute Gasteiger partial charge is 0.147 e. The van der Waals surface area contributed by atoms with Crippen molar-refractivity contribution in [1.82, 2.24) is 4.98 Å². The molecule has 0 unspecified atom stereocenters.